The van der Waals surface area contributed by atoms with Crippen molar-refractivity contribution in [3.05, 3.63) is 65.5 Å². The van der Waals surface area contributed by atoms with Crippen LogP contribution in [0.4, 0.5) is 5.69 Å². The zero-order valence-corrected chi connectivity index (χ0v) is 16.2. The Hall–Kier alpha value is -3.46. The van der Waals surface area contributed by atoms with Gasteiger partial charge < -0.3 is 9.42 Å². The summed E-state index contributed by atoms with van der Waals surface area (Å²) in [4.78, 5) is 18.4. The summed E-state index contributed by atoms with van der Waals surface area (Å²) in [6, 6.07) is 17.1. The molecule has 0 saturated heterocycles. The van der Waals surface area contributed by atoms with Gasteiger partial charge in [0.2, 0.25) is 17.6 Å². The van der Waals surface area contributed by atoms with Crippen molar-refractivity contribution < 1.29 is 9.32 Å². The second-order valence-electron chi connectivity index (χ2n) is 6.90. The number of hydrogen-bond acceptors (Lipinski definition) is 5. The molecule has 0 N–H and O–H groups in total. The maximum absolute atomic E-state index is 12.4. The van der Waals surface area contributed by atoms with E-state index in [4.69, 9.17) is 9.78 Å². The van der Waals surface area contributed by atoms with E-state index >= 15 is 0 Å². The highest BCUT2D eigenvalue weighted by atomic mass is 16.5. The van der Waals surface area contributed by atoms with E-state index in [1.54, 1.807) is 31.3 Å². The van der Waals surface area contributed by atoms with Gasteiger partial charge in [-0.25, -0.2) is 0 Å². The highest BCUT2D eigenvalue weighted by Crippen LogP contribution is 2.21. The minimum absolute atomic E-state index is 0.0869. The second-order valence-corrected chi connectivity index (χ2v) is 6.90. The lowest BCUT2D eigenvalue weighted by molar-refractivity contribution is -0.118. The Balaban J connectivity index is 1.62. The van der Waals surface area contributed by atoms with Crippen molar-refractivity contribution in [2.24, 2.45) is 0 Å². The molecule has 2 aromatic carbocycles. The predicted octanol–water partition coefficient (Wildman–Crippen LogP) is 4.33. The highest BCUT2D eigenvalue weighted by Gasteiger charge is 2.15. The first-order valence-corrected chi connectivity index (χ1v) is 9.17. The van der Waals surface area contributed by atoms with Crippen LogP contribution in [0.15, 0.2) is 53.1 Å². The van der Waals surface area contributed by atoms with Crippen LogP contribution in [-0.4, -0.2) is 23.1 Å². The number of rotatable bonds is 6. The number of carbonyl (C=O) groups excluding carboxylic acids is 1. The number of nitrogens with zero attached hydrogens (tertiary/aromatic N) is 4. The average molecular weight is 374 g/mol. The fourth-order valence-corrected chi connectivity index (χ4v) is 2.80. The van der Waals surface area contributed by atoms with E-state index in [0.29, 0.717) is 35.3 Å². The minimum Gasteiger partial charge on any atom is -0.339 e. The molecule has 0 aliphatic rings. The van der Waals surface area contributed by atoms with Crippen LogP contribution >= 0.6 is 0 Å². The summed E-state index contributed by atoms with van der Waals surface area (Å²) >= 11 is 0. The van der Waals surface area contributed by atoms with E-state index in [1.165, 1.54) is 10.5 Å². The first kappa shape index (κ1) is 19.3. The second kappa shape index (κ2) is 8.49. The normalized spacial score (nSPS) is 10.7. The summed E-state index contributed by atoms with van der Waals surface area (Å²) in [5.41, 5.74) is 3.33. The lowest BCUT2D eigenvalue weighted by Gasteiger charge is -2.17. The lowest BCUT2D eigenvalue weighted by Crippen LogP contribution is -2.26. The molecule has 1 aromatic heterocycles. The molecule has 142 valence electrons. The molecule has 0 bridgehead atoms. The number of anilines is 1. The summed E-state index contributed by atoms with van der Waals surface area (Å²) in [6.07, 6.45) is 0.597. The third-order valence-corrected chi connectivity index (χ3v) is 4.59. The van der Waals surface area contributed by atoms with Crippen LogP contribution in [0.5, 0.6) is 0 Å². The molecule has 6 heteroatoms. The molecule has 0 fully saturated rings. The molecular formula is C22H22N4O2. The SMILES string of the molecule is CC(C)c1ccc(-c2noc(CCC(=O)N(C)c3cccc(C#N)c3)n2)cc1. The van der Waals surface area contributed by atoms with Crippen molar-refractivity contribution >= 4 is 11.6 Å². The van der Waals surface area contributed by atoms with E-state index in [1.807, 2.05) is 12.1 Å². The Morgan fingerprint density at radius 2 is 1.96 bits per heavy atom. The minimum atomic E-state index is -0.0869. The lowest BCUT2D eigenvalue weighted by atomic mass is 10.0. The molecule has 0 aliphatic heterocycles. The van der Waals surface area contributed by atoms with Crippen molar-refractivity contribution in [2.75, 3.05) is 11.9 Å². The van der Waals surface area contributed by atoms with Crippen LogP contribution in [0, 0.1) is 11.3 Å². The van der Waals surface area contributed by atoms with Gasteiger partial charge in [-0.15, -0.1) is 0 Å². The van der Waals surface area contributed by atoms with Crippen molar-refractivity contribution in [1.82, 2.24) is 10.1 Å². The highest BCUT2D eigenvalue weighted by molar-refractivity contribution is 5.93. The number of nitriles is 1. The molecule has 0 saturated carbocycles. The maximum atomic E-state index is 12.4. The zero-order chi connectivity index (χ0) is 20.1. The van der Waals surface area contributed by atoms with Gasteiger partial charge in [0.05, 0.1) is 11.6 Å². The van der Waals surface area contributed by atoms with Crippen molar-refractivity contribution in [3.8, 4) is 17.5 Å². The fraction of sp³-hybridized carbons (Fsp3) is 0.273. The number of aromatic nitrogens is 2. The maximum Gasteiger partial charge on any atom is 0.227 e. The smallest absolute Gasteiger partial charge is 0.227 e. The standard InChI is InChI=1S/C22H22N4O2/c1-15(2)17-7-9-18(10-8-17)22-24-20(28-25-22)11-12-21(27)26(3)19-6-4-5-16(13-19)14-23/h4-10,13,15H,11-12H2,1-3H3. The molecular weight excluding hydrogens is 352 g/mol. The number of aryl methyl sites for hydroxylation is 1. The van der Waals surface area contributed by atoms with Gasteiger partial charge in [-0.2, -0.15) is 10.2 Å². The van der Waals surface area contributed by atoms with Gasteiger partial charge in [0.25, 0.3) is 0 Å². The number of amides is 1. The first-order valence-electron chi connectivity index (χ1n) is 9.17. The molecule has 0 unspecified atom stereocenters. The summed E-state index contributed by atoms with van der Waals surface area (Å²) in [5.74, 6) is 1.33. The van der Waals surface area contributed by atoms with Crippen LogP contribution in [-0.2, 0) is 11.2 Å². The summed E-state index contributed by atoms with van der Waals surface area (Å²) in [6.45, 7) is 4.29. The topological polar surface area (TPSA) is 83.0 Å². The van der Waals surface area contributed by atoms with Gasteiger partial charge in [-0.1, -0.05) is 49.3 Å². The summed E-state index contributed by atoms with van der Waals surface area (Å²) in [5, 5.41) is 13.0. The Morgan fingerprint density at radius 1 is 1.21 bits per heavy atom. The van der Waals surface area contributed by atoms with E-state index < -0.39 is 0 Å². The Labute approximate surface area is 164 Å². The van der Waals surface area contributed by atoms with Gasteiger partial charge in [0, 0.05) is 31.1 Å². The van der Waals surface area contributed by atoms with Crippen LogP contribution in [0.25, 0.3) is 11.4 Å². The van der Waals surface area contributed by atoms with Crippen molar-refractivity contribution in [2.45, 2.75) is 32.6 Å². The van der Waals surface area contributed by atoms with Crippen LogP contribution in [0.2, 0.25) is 0 Å². The molecule has 0 atom stereocenters. The molecule has 3 aromatic rings. The van der Waals surface area contributed by atoms with E-state index in [0.717, 1.165) is 5.56 Å². The Morgan fingerprint density at radius 3 is 2.64 bits per heavy atom. The van der Waals surface area contributed by atoms with Gasteiger partial charge in [0.15, 0.2) is 0 Å². The van der Waals surface area contributed by atoms with Crippen LogP contribution < -0.4 is 4.90 Å². The molecule has 0 radical (unpaired) electrons. The largest absolute Gasteiger partial charge is 0.339 e. The fourth-order valence-electron chi connectivity index (χ4n) is 2.80. The zero-order valence-electron chi connectivity index (χ0n) is 16.2. The summed E-state index contributed by atoms with van der Waals surface area (Å²) < 4.78 is 5.29. The van der Waals surface area contributed by atoms with E-state index in [9.17, 15) is 4.79 Å². The van der Waals surface area contributed by atoms with Crippen LogP contribution in [0.3, 0.4) is 0 Å². The molecule has 28 heavy (non-hydrogen) atoms. The molecule has 1 heterocycles. The van der Waals surface area contributed by atoms with Crippen LogP contribution in [0.1, 0.15) is 43.2 Å². The van der Waals surface area contributed by atoms with Gasteiger partial charge in [-0.05, 0) is 29.7 Å². The van der Waals surface area contributed by atoms with Gasteiger partial charge in [-0.3, -0.25) is 4.79 Å². The predicted molar refractivity (Wildman–Crippen MR) is 107 cm³/mol. The molecule has 0 spiro atoms. The van der Waals surface area contributed by atoms with Gasteiger partial charge in [0.1, 0.15) is 0 Å². The van der Waals surface area contributed by atoms with E-state index in [2.05, 4.69) is 42.2 Å². The molecule has 6 nitrogen and oxygen atoms in total. The Bertz CT molecular complexity index is 1000. The average Bonchev–Trinajstić information content (AvgIpc) is 3.20. The first-order chi connectivity index (χ1) is 13.5. The number of carbonyl (C=O) groups is 1. The Kier molecular flexibility index (Phi) is 5.85. The third-order valence-electron chi connectivity index (χ3n) is 4.59. The van der Waals surface area contributed by atoms with E-state index in [-0.39, 0.29) is 12.3 Å². The van der Waals surface area contributed by atoms with Crippen molar-refractivity contribution in [3.63, 3.8) is 0 Å². The third kappa shape index (κ3) is 4.44. The number of benzene rings is 2. The van der Waals surface area contributed by atoms with Crippen molar-refractivity contribution in [1.29, 1.82) is 5.26 Å². The molecule has 3 rings (SSSR count). The monoisotopic (exact) mass is 374 g/mol. The molecule has 1 amide bonds. The molecule has 0 aliphatic carbocycles. The summed E-state index contributed by atoms with van der Waals surface area (Å²) in [7, 11) is 1.69. The quantitative estimate of drug-likeness (QED) is 0.641. The number of hydrogen-bond donors (Lipinski definition) is 0. The van der Waals surface area contributed by atoms with Gasteiger partial charge >= 0.3 is 0 Å².